The number of carbonyl (C=O) groups excluding carboxylic acids is 2. The molecule has 2 heterocycles. The summed E-state index contributed by atoms with van der Waals surface area (Å²) in [5.74, 6) is -0.0250. The highest BCUT2D eigenvalue weighted by molar-refractivity contribution is 5.79. The molecular weight excluding hydrogens is 182 g/mol. The summed E-state index contributed by atoms with van der Waals surface area (Å²) < 4.78 is 5.22. The first-order chi connectivity index (χ1) is 6.68. The lowest BCUT2D eigenvalue weighted by Crippen LogP contribution is -2.47. The van der Waals surface area contributed by atoms with Gasteiger partial charge in [0.25, 0.3) is 0 Å². The second kappa shape index (κ2) is 3.59. The summed E-state index contributed by atoms with van der Waals surface area (Å²) in [6, 6.07) is 0.153. The van der Waals surface area contributed by atoms with E-state index < -0.39 is 0 Å². The van der Waals surface area contributed by atoms with Crippen molar-refractivity contribution in [1.82, 2.24) is 4.90 Å². The molecule has 0 aromatic carbocycles. The van der Waals surface area contributed by atoms with Crippen LogP contribution in [0.3, 0.4) is 0 Å². The first-order valence-corrected chi connectivity index (χ1v) is 5.15. The van der Waals surface area contributed by atoms with Crippen LogP contribution in [0.2, 0.25) is 0 Å². The highest BCUT2D eigenvalue weighted by atomic mass is 16.5. The zero-order chi connectivity index (χ0) is 10.1. The number of fused-ring (bicyclic) bond motifs is 1. The smallest absolute Gasteiger partial charge is 0.302 e. The lowest BCUT2D eigenvalue weighted by atomic mass is 9.99. The van der Waals surface area contributed by atoms with Crippen molar-refractivity contribution in [3.8, 4) is 0 Å². The van der Waals surface area contributed by atoms with E-state index in [9.17, 15) is 9.59 Å². The zero-order valence-corrected chi connectivity index (χ0v) is 8.36. The van der Waals surface area contributed by atoms with Gasteiger partial charge < -0.3 is 9.64 Å². The van der Waals surface area contributed by atoms with Gasteiger partial charge in [-0.05, 0) is 19.3 Å². The fourth-order valence-electron chi connectivity index (χ4n) is 2.44. The molecule has 4 nitrogen and oxygen atoms in total. The van der Waals surface area contributed by atoms with Crippen molar-refractivity contribution in [3.05, 3.63) is 0 Å². The van der Waals surface area contributed by atoms with Gasteiger partial charge in [0, 0.05) is 19.9 Å². The standard InChI is InChI=1S/C10H15NO3/c1-7(12)14-9-3-2-6-11-8(9)4-5-10(11)13/h8-9H,2-6H2,1H3/t8-,9-/m0/s1. The number of hydrogen-bond acceptors (Lipinski definition) is 3. The van der Waals surface area contributed by atoms with Gasteiger partial charge in [0.1, 0.15) is 6.10 Å². The van der Waals surface area contributed by atoms with Crippen molar-refractivity contribution in [1.29, 1.82) is 0 Å². The summed E-state index contributed by atoms with van der Waals surface area (Å²) in [4.78, 5) is 24.2. The number of amides is 1. The molecule has 2 saturated heterocycles. The van der Waals surface area contributed by atoms with Gasteiger partial charge in [0.05, 0.1) is 6.04 Å². The number of carbonyl (C=O) groups is 2. The van der Waals surface area contributed by atoms with E-state index in [1.807, 2.05) is 4.90 Å². The Balaban J connectivity index is 2.05. The summed E-state index contributed by atoms with van der Waals surface area (Å²) in [5.41, 5.74) is 0. The summed E-state index contributed by atoms with van der Waals surface area (Å²) >= 11 is 0. The van der Waals surface area contributed by atoms with E-state index in [2.05, 4.69) is 0 Å². The Hall–Kier alpha value is -1.06. The Labute approximate surface area is 83.2 Å². The molecule has 0 radical (unpaired) electrons. The molecule has 0 bridgehead atoms. The third-order valence-corrected chi connectivity index (χ3v) is 3.01. The largest absolute Gasteiger partial charge is 0.460 e. The van der Waals surface area contributed by atoms with Crippen molar-refractivity contribution in [2.24, 2.45) is 0 Å². The van der Waals surface area contributed by atoms with E-state index in [-0.39, 0.29) is 24.0 Å². The second-order valence-corrected chi connectivity index (χ2v) is 3.98. The third-order valence-electron chi connectivity index (χ3n) is 3.01. The molecule has 0 aromatic heterocycles. The average Bonchev–Trinajstić information content (AvgIpc) is 2.49. The Bertz CT molecular complexity index is 264. The first kappa shape index (κ1) is 9.49. The lowest BCUT2D eigenvalue weighted by Gasteiger charge is -2.35. The van der Waals surface area contributed by atoms with Gasteiger partial charge >= 0.3 is 5.97 Å². The molecule has 2 atom stereocenters. The van der Waals surface area contributed by atoms with Crippen molar-refractivity contribution in [2.75, 3.05) is 6.54 Å². The Morgan fingerprint density at radius 3 is 3.00 bits per heavy atom. The molecule has 2 rings (SSSR count). The highest BCUT2D eigenvalue weighted by Gasteiger charge is 2.40. The van der Waals surface area contributed by atoms with Crippen LogP contribution in [0, 0.1) is 0 Å². The molecule has 0 spiro atoms. The fraction of sp³-hybridized carbons (Fsp3) is 0.800. The lowest BCUT2D eigenvalue weighted by molar-refractivity contribution is -0.154. The molecule has 78 valence electrons. The van der Waals surface area contributed by atoms with Crippen molar-refractivity contribution in [3.63, 3.8) is 0 Å². The maximum absolute atomic E-state index is 11.4. The van der Waals surface area contributed by atoms with E-state index in [0.717, 1.165) is 25.8 Å². The normalized spacial score (nSPS) is 31.5. The minimum absolute atomic E-state index is 0.0623. The van der Waals surface area contributed by atoms with Crippen molar-refractivity contribution < 1.29 is 14.3 Å². The Morgan fingerprint density at radius 1 is 1.50 bits per heavy atom. The average molecular weight is 197 g/mol. The molecule has 14 heavy (non-hydrogen) atoms. The number of esters is 1. The Kier molecular flexibility index (Phi) is 2.44. The van der Waals surface area contributed by atoms with Crippen LogP contribution in [0.25, 0.3) is 0 Å². The number of ether oxygens (including phenoxy) is 1. The minimum Gasteiger partial charge on any atom is -0.460 e. The number of rotatable bonds is 1. The molecule has 0 aromatic rings. The highest BCUT2D eigenvalue weighted by Crippen LogP contribution is 2.29. The van der Waals surface area contributed by atoms with Gasteiger partial charge in [-0.25, -0.2) is 0 Å². The SMILES string of the molecule is CC(=O)O[C@H]1CCCN2C(=O)CC[C@@H]12. The predicted octanol–water partition coefficient (Wildman–Crippen LogP) is 0.703. The van der Waals surface area contributed by atoms with Gasteiger partial charge in [-0.2, -0.15) is 0 Å². The molecule has 2 aliphatic heterocycles. The van der Waals surface area contributed by atoms with Crippen LogP contribution in [0.5, 0.6) is 0 Å². The van der Waals surface area contributed by atoms with Crippen molar-refractivity contribution in [2.45, 2.75) is 44.8 Å². The van der Waals surface area contributed by atoms with Crippen LogP contribution in [-0.4, -0.2) is 35.5 Å². The molecule has 2 aliphatic rings. The molecule has 0 unspecified atom stereocenters. The maximum Gasteiger partial charge on any atom is 0.302 e. The van der Waals surface area contributed by atoms with Gasteiger partial charge in [-0.3, -0.25) is 9.59 Å². The molecule has 2 fully saturated rings. The van der Waals surface area contributed by atoms with Gasteiger partial charge in [-0.15, -0.1) is 0 Å². The Morgan fingerprint density at radius 2 is 2.29 bits per heavy atom. The third kappa shape index (κ3) is 1.61. The fourth-order valence-corrected chi connectivity index (χ4v) is 2.44. The predicted molar refractivity (Wildman–Crippen MR) is 49.5 cm³/mol. The number of nitrogens with zero attached hydrogens (tertiary/aromatic N) is 1. The van der Waals surface area contributed by atoms with E-state index >= 15 is 0 Å². The first-order valence-electron chi connectivity index (χ1n) is 5.15. The van der Waals surface area contributed by atoms with E-state index in [0.29, 0.717) is 6.42 Å². The van der Waals surface area contributed by atoms with Crippen LogP contribution >= 0.6 is 0 Å². The van der Waals surface area contributed by atoms with Gasteiger partial charge in [0.2, 0.25) is 5.91 Å². The van der Waals surface area contributed by atoms with Crippen LogP contribution in [-0.2, 0) is 14.3 Å². The minimum atomic E-state index is -0.240. The van der Waals surface area contributed by atoms with E-state index in [1.165, 1.54) is 6.92 Å². The topological polar surface area (TPSA) is 46.6 Å². The van der Waals surface area contributed by atoms with Gasteiger partial charge in [0.15, 0.2) is 0 Å². The summed E-state index contributed by atoms with van der Waals surface area (Å²) in [7, 11) is 0. The van der Waals surface area contributed by atoms with Crippen LogP contribution in [0.1, 0.15) is 32.6 Å². The monoisotopic (exact) mass is 197 g/mol. The summed E-state index contributed by atoms with van der Waals surface area (Å²) in [6.45, 7) is 2.26. The molecule has 0 aliphatic carbocycles. The van der Waals surface area contributed by atoms with E-state index in [1.54, 1.807) is 0 Å². The van der Waals surface area contributed by atoms with Crippen molar-refractivity contribution >= 4 is 11.9 Å². The second-order valence-electron chi connectivity index (χ2n) is 3.98. The molecular formula is C10H15NO3. The molecule has 1 amide bonds. The number of hydrogen-bond donors (Lipinski definition) is 0. The quantitative estimate of drug-likeness (QED) is 0.581. The molecule has 4 heteroatoms. The maximum atomic E-state index is 11.4. The van der Waals surface area contributed by atoms with Gasteiger partial charge in [-0.1, -0.05) is 0 Å². The van der Waals surface area contributed by atoms with E-state index in [4.69, 9.17) is 4.74 Å². The van der Waals surface area contributed by atoms with Crippen LogP contribution in [0.4, 0.5) is 0 Å². The number of piperidine rings is 1. The summed E-state index contributed by atoms with van der Waals surface area (Å²) in [5, 5.41) is 0. The zero-order valence-electron chi connectivity index (χ0n) is 8.36. The van der Waals surface area contributed by atoms with Crippen LogP contribution in [0.15, 0.2) is 0 Å². The summed E-state index contributed by atoms with van der Waals surface area (Å²) in [6.07, 6.45) is 3.24. The van der Waals surface area contributed by atoms with Crippen LogP contribution < -0.4 is 0 Å². The molecule has 0 saturated carbocycles. The molecule has 0 N–H and O–H groups in total.